The van der Waals surface area contributed by atoms with E-state index >= 15 is 0 Å². The molecule has 0 N–H and O–H groups in total. The average molecular weight is 700 g/mol. The normalized spacial score (nSPS) is 12.2. The van der Waals surface area contributed by atoms with Crippen LogP contribution in [0.2, 0.25) is 0 Å². The molecule has 0 atom stereocenters. The lowest BCUT2D eigenvalue weighted by atomic mass is 10.0. The van der Waals surface area contributed by atoms with E-state index in [0.29, 0.717) is 5.95 Å². The number of hydrogen-bond acceptors (Lipinski definition) is 5. The highest BCUT2D eigenvalue weighted by Crippen LogP contribution is 2.44. The summed E-state index contributed by atoms with van der Waals surface area (Å²) in [4.78, 5) is 10.9. The van der Waals surface area contributed by atoms with Crippen LogP contribution in [-0.2, 0) is 0 Å². The summed E-state index contributed by atoms with van der Waals surface area (Å²) in [7, 11) is 0. The van der Waals surface area contributed by atoms with Crippen molar-refractivity contribution in [1.82, 2.24) is 14.5 Å². The zero-order valence-electron chi connectivity index (χ0n) is 27.5. The number of aromatic nitrogens is 3. The molecule has 5 aromatic heterocycles. The molecule has 0 amide bonds. The molecule has 0 bridgehead atoms. The van der Waals surface area contributed by atoms with Crippen LogP contribution in [0.3, 0.4) is 0 Å². The number of thiophene rings is 2. The molecule has 242 valence electrons. The van der Waals surface area contributed by atoms with Crippen molar-refractivity contribution in [2.75, 3.05) is 0 Å². The van der Waals surface area contributed by atoms with Crippen LogP contribution in [0, 0.1) is 0 Å². The highest BCUT2D eigenvalue weighted by Gasteiger charge is 2.22. The fourth-order valence-corrected chi connectivity index (χ4v) is 10.6. The van der Waals surface area contributed by atoms with E-state index in [4.69, 9.17) is 14.4 Å². The van der Waals surface area contributed by atoms with Crippen molar-refractivity contribution in [1.29, 1.82) is 0 Å². The van der Waals surface area contributed by atoms with Gasteiger partial charge in [0.15, 0.2) is 0 Å². The summed E-state index contributed by atoms with van der Waals surface area (Å²) in [6, 6.07) is 53.9. The van der Waals surface area contributed by atoms with E-state index in [1.165, 1.54) is 40.3 Å². The molecular weight excluding hydrogens is 675 g/mol. The number of para-hydroxylation sites is 2. The third-order valence-corrected chi connectivity index (χ3v) is 12.9. The lowest BCUT2D eigenvalue weighted by Crippen LogP contribution is -2.04. The fourth-order valence-electron chi connectivity index (χ4n) is 8.16. The summed E-state index contributed by atoms with van der Waals surface area (Å²) in [5, 5.41) is 9.43. The van der Waals surface area contributed by atoms with Crippen LogP contribution in [0.5, 0.6) is 0 Å². The van der Waals surface area contributed by atoms with Gasteiger partial charge in [0, 0.05) is 67.6 Å². The molecule has 0 spiro atoms. The molecule has 0 unspecified atom stereocenters. The number of fused-ring (bicyclic) bond motifs is 13. The lowest BCUT2D eigenvalue weighted by molar-refractivity contribution is 0.673. The van der Waals surface area contributed by atoms with Crippen molar-refractivity contribution < 1.29 is 4.42 Å². The van der Waals surface area contributed by atoms with Gasteiger partial charge in [0.05, 0.1) is 27.8 Å². The van der Waals surface area contributed by atoms with Crippen LogP contribution in [0.4, 0.5) is 0 Å². The average Bonchev–Trinajstić information content (AvgIpc) is 3.96. The molecule has 0 fully saturated rings. The second-order valence-corrected chi connectivity index (χ2v) is 15.4. The quantitative estimate of drug-likeness (QED) is 0.184. The largest absolute Gasteiger partial charge is 0.455 e. The number of furan rings is 1. The summed E-state index contributed by atoms with van der Waals surface area (Å²) >= 11 is 3.65. The Hall–Kier alpha value is -6.34. The zero-order chi connectivity index (χ0) is 33.9. The fraction of sp³-hybridized carbons (Fsp3) is 0. The van der Waals surface area contributed by atoms with Gasteiger partial charge in [0.1, 0.15) is 11.2 Å². The van der Waals surface area contributed by atoms with Crippen LogP contribution in [-0.4, -0.2) is 14.5 Å². The number of nitrogens with zero attached hydrogens (tertiary/aromatic N) is 3. The molecule has 12 rings (SSSR count). The number of benzene rings is 7. The highest BCUT2D eigenvalue weighted by atomic mass is 32.1. The van der Waals surface area contributed by atoms with Crippen LogP contribution in [0.15, 0.2) is 156 Å². The maximum Gasteiger partial charge on any atom is 0.235 e. The minimum atomic E-state index is 0.630. The van der Waals surface area contributed by atoms with Crippen LogP contribution in [0.1, 0.15) is 0 Å². The molecule has 0 aliphatic carbocycles. The minimum absolute atomic E-state index is 0.630. The first kappa shape index (κ1) is 28.4. The molecule has 0 saturated heterocycles. The molecule has 0 radical (unpaired) electrons. The zero-order valence-corrected chi connectivity index (χ0v) is 29.1. The monoisotopic (exact) mass is 699 g/mol. The predicted molar refractivity (Wildman–Crippen MR) is 220 cm³/mol. The van der Waals surface area contributed by atoms with Gasteiger partial charge in [0.2, 0.25) is 5.95 Å². The molecule has 0 aliphatic heterocycles. The van der Waals surface area contributed by atoms with Crippen LogP contribution in [0.25, 0.3) is 113 Å². The predicted octanol–water partition coefficient (Wildman–Crippen LogP) is 13.5. The Labute approximate surface area is 304 Å². The third kappa shape index (κ3) is 3.90. The smallest absolute Gasteiger partial charge is 0.235 e. The van der Waals surface area contributed by atoms with Gasteiger partial charge in [-0.3, -0.25) is 4.57 Å². The van der Waals surface area contributed by atoms with E-state index in [0.717, 1.165) is 66.3 Å². The first-order chi connectivity index (χ1) is 25.8. The Morgan fingerprint density at radius 1 is 0.442 bits per heavy atom. The lowest BCUT2D eigenvalue weighted by Gasteiger charge is -2.13. The van der Waals surface area contributed by atoms with Gasteiger partial charge in [-0.15, -0.1) is 22.7 Å². The molecule has 6 heteroatoms. The summed E-state index contributed by atoms with van der Waals surface area (Å²) in [6.07, 6.45) is 0. The second kappa shape index (κ2) is 10.6. The Bertz CT molecular complexity index is 3300. The van der Waals surface area contributed by atoms with Gasteiger partial charge in [-0.1, -0.05) is 109 Å². The Morgan fingerprint density at radius 2 is 1.00 bits per heavy atom. The molecule has 52 heavy (non-hydrogen) atoms. The van der Waals surface area contributed by atoms with Gasteiger partial charge in [-0.25, -0.2) is 9.97 Å². The Balaban J connectivity index is 1.20. The van der Waals surface area contributed by atoms with Crippen molar-refractivity contribution in [3.63, 3.8) is 0 Å². The van der Waals surface area contributed by atoms with Crippen molar-refractivity contribution >= 4 is 107 Å². The maximum atomic E-state index is 6.61. The first-order valence-corrected chi connectivity index (χ1v) is 19.0. The van der Waals surface area contributed by atoms with Gasteiger partial charge >= 0.3 is 0 Å². The first-order valence-electron chi connectivity index (χ1n) is 17.3. The van der Waals surface area contributed by atoms with Crippen molar-refractivity contribution in [2.24, 2.45) is 0 Å². The number of rotatable bonds is 3. The Kier molecular flexibility index (Phi) is 5.78. The molecular formula is C46H25N3OS2. The van der Waals surface area contributed by atoms with Crippen LogP contribution >= 0.6 is 22.7 Å². The third-order valence-electron chi connectivity index (χ3n) is 10.5. The van der Waals surface area contributed by atoms with Gasteiger partial charge < -0.3 is 4.42 Å². The van der Waals surface area contributed by atoms with E-state index in [2.05, 4.69) is 144 Å². The summed E-state index contributed by atoms with van der Waals surface area (Å²) in [6.45, 7) is 0. The van der Waals surface area contributed by atoms with E-state index in [1.54, 1.807) is 0 Å². The molecule has 7 aromatic carbocycles. The van der Waals surface area contributed by atoms with Crippen molar-refractivity contribution in [2.45, 2.75) is 0 Å². The van der Waals surface area contributed by atoms with Gasteiger partial charge in [-0.05, 0) is 42.5 Å². The summed E-state index contributed by atoms with van der Waals surface area (Å²) in [5.41, 5.74) is 7.81. The SMILES string of the molecule is c1ccc2c(c1)oc1c2ccc2c1c1ccccc1n2-c1nc(-c2cccc3c2sc2ccccc23)cc(-c2cccc3c2sc2ccccc23)n1. The van der Waals surface area contributed by atoms with E-state index in [-0.39, 0.29) is 0 Å². The Morgan fingerprint density at radius 3 is 1.67 bits per heavy atom. The summed E-state index contributed by atoms with van der Waals surface area (Å²) < 4.78 is 13.8. The van der Waals surface area contributed by atoms with Gasteiger partial charge in [0.25, 0.3) is 0 Å². The minimum Gasteiger partial charge on any atom is -0.455 e. The van der Waals surface area contributed by atoms with E-state index in [1.807, 2.05) is 34.8 Å². The highest BCUT2D eigenvalue weighted by molar-refractivity contribution is 7.26. The standard InChI is InChI=1S/C46H25N3OS2/c1-5-19-37-34(14-1)42-38(24-23-29-26-11-2-6-20-39(26)50-43(29)42)49(37)46-47-35(32-17-9-15-30-27-12-3-7-21-40(27)51-44(30)32)25-36(48-46)33-18-10-16-31-28-13-4-8-22-41(28)52-45(31)33/h1-25H. The molecule has 0 saturated carbocycles. The van der Waals surface area contributed by atoms with Gasteiger partial charge in [-0.2, -0.15) is 0 Å². The van der Waals surface area contributed by atoms with E-state index in [9.17, 15) is 0 Å². The second-order valence-electron chi connectivity index (χ2n) is 13.3. The molecule has 0 aliphatic rings. The maximum absolute atomic E-state index is 6.61. The molecule has 12 aromatic rings. The van der Waals surface area contributed by atoms with E-state index < -0.39 is 0 Å². The van der Waals surface area contributed by atoms with Crippen molar-refractivity contribution in [3.05, 3.63) is 152 Å². The molecule has 5 heterocycles. The topological polar surface area (TPSA) is 43.9 Å². The van der Waals surface area contributed by atoms with Crippen molar-refractivity contribution in [3.8, 4) is 28.5 Å². The summed E-state index contributed by atoms with van der Waals surface area (Å²) in [5.74, 6) is 0.630. The number of hydrogen-bond donors (Lipinski definition) is 0. The molecule has 4 nitrogen and oxygen atoms in total. The van der Waals surface area contributed by atoms with Crippen LogP contribution < -0.4 is 0 Å².